The first-order valence-electron chi connectivity index (χ1n) is 9.79. The van der Waals surface area contributed by atoms with E-state index in [1.807, 2.05) is 54.6 Å². The van der Waals surface area contributed by atoms with Crippen LogP contribution in [0, 0.1) is 0 Å². The van der Waals surface area contributed by atoms with Crippen LogP contribution in [-0.4, -0.2) is 24.5 Å². The van der Waals surface area contributed by atoms with E-state index in [0.717, 1.165) is 16.7 Å². The largest absolute Gasteiger partial charge is 0.449 e. The summed E-state index contributed by atoms with van der Waals surface area (Å²) in [6.07, 6.45) is -0.122. The number of ether oxygens (including phenoxy) is 1. The number of amides is 1. The molecule has 0 aromatic heterocycles. The molecule has 0 bridgehead atoms. The molecule has 29 heavy (non-hydrogen) atoms. The third-order valence-corrected chi connectivity index (χ3v) is 5.41. The van der Waals surface area contributed by atoms with Gasteiger partial charge in [-0.1, -0.05) is 78.9 Å². The summed E-state index contributed by atoms with van der Waals surface area (Å²) in [6.45, 7) is 1.72. The molecule has 3 aromatic carbocycles. The number of ketones is 1. The van der Waals surface area contributed by atoms with Crippen molar-refractivity contribution in [3.63, 3.8) is 0 Å². The molecular formula is C25H23NO3. The van der Waals surface area contributed by atoms with Crippen molar-refractivity contribution in [2.24, 2.45) is 0 Å². The first kappa shape index (κ1) is 18.9. The Morgan fingerprint density at radius 2 is 1.41 bits per heavy atom. The summed E-state index contributed by atoms with van der Waals surface area (Å²) < 4.78 is 5.56. The molecule has 0 saturated carbocycles. The van der Waals surface area contributed by atoms with E-state index in [1.54, 1.807) is 0 Å². The fraction of sp³-hybridized carbons (Fsp3) is 0.200. The lowest BCUT2D eigenvalue weighted by atomic mass is 9.98. The lowest BCUT2D eigenvalue weighted by molar-refractivity contribution is -0.118. The van der Waals surface area contributed by atoms with Gasteiger partial charge in [-0.25, -0.2) is 4.79 Å². The fourth-order valence-electron chi connectivity index (χ4n) is 3.93. The Balaban J connectivity index is 1.43. The first-order chi connectivity index (χ1) is 14.1. The predicted octanol–water partition coefficient (Wildman–Crippen LogP) is 4.73. The third-order valence-electron chi connectivity index (χ3n) is 5.41. The van der Waals surface area contributed by atoms with Gasteiger partial charge in [0.05, 0.1) is 6.04 Å². The maximum atomic E-state index is 12.4. The van der Waals surface area contributed by atoms with Crippen molar-refractivity contribution in [3.8, 4) is 11.1 Å². The summed E-state index contributed by atoms with van der Waals surface area (Å²) in [6, 6.07) is 25.4. The Morgan fingerprint density at radius 3 is 2.00 bits per heavy atom. The van der Waals surface area contributed by atoms with Crippen molar-refractivity contribution in [1.29, 1.82) is 0 Å². The number of rotatable bonds is 6. The number of carbonyl (C=O) groups is 2. The lowest BCUT2D eigenvalue weighted by Gasteiger charge is -2.18. The highest BCUT2D eigenvalue weighted by molar-refractivity contribution is 5.85. The van der Waals surface area contributed by atoms with E-state index in [0.29, 0.717) is 6.42 Å². The monoisotopic (exact) mass is 385 g/mol. The predicted molar refractivity (Wildman–Crippen MR) is 113 cm³/mol. The van der Waals surface area contributed by atoms with Gasteiger partial charge in [0.15, 0.2) is 5.78 Å². The van der Waals surface area contributed by atoms with Crippen molar-refractivity contribution in [3.05, 3.63) is 95.6 Å². The van der Waals surface area contributed by atoms with E-state index >= 15 is 0 Å². The van der Waals surface area contributed by atoms with Gasteiger partial charge in [0.1, 0.15) is 6.61 Å². The first-order valence-corrected chi connectivity index (χ1v) is 9.79. The van der Waals surface area contributed by atoms with Crippen molar-refractivity contribution in [2.45, 2.75) is 25.3 Å². The normalized spacial score (nSPS) is 13.3. The van der Waals surface area contributed by atoms with Gasteiger partial charge in [0, 0.05) is 5.92 Å². The number of carbonyl (C=O) groups excluding carboxylic acids is 2. The minimum atomic E-state index is -0.604. The molecule has 0 radical (unpaired) electrons. The molecule has 4 heteroatoms. The van der Waals surface area contributed by atoms with Gasteiger partial charge in [-0.15, -0.1) is 0 Å². The lowest BCUT2D eigenvalue weighted by Crippen LogP contribution is -2.42. The van der Waals surface area contributed by atoms with Crippen LogP contribution >= 0.6 is 0 Å². The maximum absolute atomic E-state index is 12.4. The highest BCUT2D eigenvalue weighted by Gasteiger charge is 2.29. The number of alkyl carbamates (subject to hydrolysis) is 1. The second-order valence-corrected chi connectivity index (χ2v) is 7.32. The molecule has 3 aromatic rings. The number of Topliss-reactive ketones (excluding diaryl/α,β-unsaturated/α-hetero) is 1. The number of benzene rings is 3. The summed E-state index contributed by atoms with van der Waals surface area (Å²) in [7, 11) is 0. The molecule has 0 fully saturated rings. The maximum Gasteiger partial charge on any atom is 0.407 e. The Morgan fingerprint density at radius 1 is 0.862 bits per heavy atom. The molecule has 1 amide bonds. The molecule has 0 aliphatic heterocycles. The van der Waals surface area contributed by atoms with Crippen LogP contribution in [0.15, 0.2) is 78.9 Å². The van der Waals surface area contributed by atoms with Crippen molar-refractivity contribution >= 4 is 11.9 Å². The van der Waals surface area contributed by atoms with Crippen LogP contribution < -0.4 is 5.32 Å². The van der Waals surface area contributed by atoms with Gasteiger partial charge in [0.2, 0.25) is 0 Å². The standard InChI is InChI=1S/C25H23NO3/c1-17(27)24(15-18-9-3-2-4-10-18)26-25(28)29-16-23-21-13-7-5-11-19(21)20-12-6-8-14-22(20)23/h2-14,23-24H,15-16H2,1H3,(H,26,28)/t24-/m0/s1. The molecular weight excluding hydrogens is 362 g/mol. The zero-order chi connectivity index (χ0) is 20.2. The number of fused-ring (bicyclic) bond motifs is 3. The Labute approximate surface area is 170 Å². The van der Waals surface area contributed by atoms with Gasteiger partial charge in [-0.2, -0.15) is 0 Å². The van der Waals surface area contributed by atoms with E-state index in [-0.39, 0.29) is 18.3 Å². The molecule has 0 unspecified atom stereocenters. The summed E-state index contributed by atoms with van der Waals surface area (Å²) >= 11 is 0. The van der Waals surface area contributed by atoms with Gasteiger partial charge in [-0.3, -0.25) is 4.79 Å². The smallest absolute Gasteiger partial charge is 0.407 e. The molecule has 1 atom stereocenters. The van der Waals surface area contributed by atoms with Gasteiger partial charge in [0.25, 0.3) is 0 Å². The highest BCUT2D eigenvalue weighted by Crippen LogP contribution is 2.44. The van der Waals surface area contributed by atoms with Crippen LogP contribution in [0.4, 0.5) is 4.79 Å². The van der Waals surface area contributed by atoms with E-state index in [9.17, 15) is 9.59 Å². The molecule has 0 saturated heterocycles. The van der Waals surface area contributed by atoms with E-state index in [1.165, 1.54) is 18.1 Å². The zero-order valence-corrected chi connectivity index (χ0v) is 16.3. The fourth-order valence-corrected chi connectivity index (χ4v) is 3.93. The summed E-state index contributed by atoms with van der Waals surface area (Å²) in [5, 5.41) is 2.73. The summed E-state index contributed by atoms with van der Waals surface area (Å²) in [5.41, 5.74) is 5.68. The van der Waals surface area contributed by atoms with E-state index in [4.69, 9.17) is 4.74 Å². The molecule has 0 heterocycles. The number of hydrogen-bond donors (Lipinski definition) is 1. The minimum absolute atomic E-state index is 0.00180. The number of hydrogen-bond acceptors (Lipinski definition) is 3. The Hall–Kier alpha value is -3.40. The third kappa shape index (κ3) is 4.06. The van der Waals surface area contributed by atoms with Crippen LogP contribution in [0.3, 0.4) is 0 Å². The van der Waals surface area contributed by atoms with E-state index in [2.05, 4.69) is 29.6 Å². The molecule has 4 nitrogen and oxygen atoms in total. The molecule has 146 valence electrons. The number of nitrogens with one attached hydrogen (secondary N) is 1. The van der Waals surface area contributed by atoms with Crippen LogP contribution in [0.5, 0.6) is 0 Å². The van der Waals surface area contributed by atoms with Gasteiger partial charge < -0.3 is 10.1 Å². The van der Waals surface area contributed by atoms with E-state index < -0.39 is 12.1 Å². The Bertz CT molecular complexity index is 984. The SMILES string of the molecule is CC(=O)[C@H](Cc1ccccc1)NC(=O)OCC1c2ccccc2-c2ccccc21. The average molecular weight is 385 g/mol. The topological polar surface area (TPSA) is 55.4 Å². The summed E-state index contributed by atoms with van der Waals surface area (Å²) in [4.78, 5) is 24.4. The average Bonchev–Trinajstić information content (AvgIpc) is 3.06. The molecule has 1 aliphatic rings. The molecule has 1 N–H and O–H groups in total. The second kappa shape index (κ2) is 8.31. The molecule has 4 rings (SSSR count). The second-order valence-electron chi connectivity index (χ2n) is 7.32. The van der Waals surface area contributed by atoms with Crippen molar-refractivity contribution in [1.82, 2.24) is 5.32 Å². The highest BCUT2D eigenvalue weighted by atomic mass is 16.5. The van der Waals surface area contributed by atoms with Crippen molar-refractivity contribution in [2.75, 3.05) is 6.61 Å². The van der Waals surface area contributed by atoms with Crippen LogP contribution in [0.2, 0.25) is 0 Å². The molecule has 1 aliphatic carbocycles. The van der Waals surface area contributed by atoms with Crippen LogP contribution in [-0.2, 0) is 16.0 Å². The quantitative estimate of drug-likeness (QED) is 0.668. The van der Waals surface area contributed by atoms with Gasteiger partial charge >= 0.3 is 6.09 Å². The molecule has 0 spiro atoms. The van der Waals surface area contributed by atoms with Crippen LogP contribution in [0.1, 0.15) is 29.5 Å². The van der Waals surface area contributed by atoms with Crippen LogP contribution in [0.25, 0.3) is 11.1 Å². The Kier molecular flexibility index (Phi) is 5.43. The van der Waals surface area contributed by atoms with Gasteiger partial charge in [-0.05, 0) is 41.2 Å². The minimum Gasteiger partial charge on any atom is -0.449 e. The zero-order valence-electron chi connectivity index (χ0n) is 16.3. The summed E-state index contributed by atoms with van der Waals surface area (Å²) in [5.74, 6) is -0.0968. The van der Waals surface area contributed by atoms with Crippen molar-refractivity contribution < 1.29 is 14.3 Å².